The number of thiophene rings is 1. The fourth-order valence-corrected chi connectivity index (χ4v) is 5.51. The minimum absolute atomic E-state index is 0.0213. The highest BCUT2D eigenvalue weighted by atomic mass is 32.2. The Bertz CT molecular complexity index is 832. The number of amides is 2. The number of likely N-dealkylation sites (tertiary alicyclic amines) is 1. The van der Waals surface area contributed by atoms with Crippen LogP contribution in [0.25, 0.3) is 0 Å². The fourth-order valence-electron chi connectivity index (χ4n) is 4.06. The number of benzene rings is 1. The van der Waals surface area contributed by atoms with Crippen LogP contribution >= 0.6 is 23.1 Å². The Morgan fingerprint density at radius 3 is 2.60 bits per heavy atom. The number of carbonyl (C=O) groups is 2. The SMILES string of the molecule is CSc1ccc(C(=O)N[C@@H]2c3ccccc3[C@@H]3CN(C(C)=O)C[C@H]23)s1. The molecule has 2 aromatic rings. The quantitative estimate of drug-likeness (QED) is 0.839. The van der Waals surface area contributed by atoms with E-state index >= 15 is 0 Å². The van der Waals surface area contributed by atoms with Crippen LogP contribution in [-0.2, 0) is 4.79 Å². The lowest BCUT2D eigenvalue weighted by molar-refractivity contribution is -0.128. The molecule has 0 spiro atoms. The number of fused-ring (bicyclic) bond motifs is 3. The average Bonchev–Trinajstić information content (AvgIpc) is 3.30. The zero-order valence-electron chi connectivity index (χ0n) is 14.2. The van der Waals surface area contributed by atoms with E-state index in [1.807, 2.05) is 35.4 Å². The van der Waals surface area contributed by atoms with Gasteiger partial charge in [-0.15, -0.1) is 23.1 Å². The van der Waals surface area contributed by atoms with E-state index in [0.717, 1.165) is 15.6 Å². The second-order valence-electron chi connectivity index (χ2n) is 6.60. The van der Waals surface area contributed by atoms with E-state index in [4.69, 9.17) is 0 Å². The van der Waals surface area contributed by atoms with Crippen LogP contribution in [0.1, 0.15) is 39.7 Å². The summed E-state index contributed by atoms with van der Waals surface area (Å²) in [5.74, 6) is 0.660. The summed E-state index contributed by atoms with van der Waals surface area (Å²) < 4.78 is 1.14. The molecule has 1 N–H and O–H groups in total. The molecule has 25 heavy (non-hydrogen) atoms. The first-order chi connectivity index (χ1) is 12.1. The molecule has 6 heteroatoms. The van der Waals surface area contributed by atoms with Crippen molar-refractivity contribution in [2.24, 2.45) is 5.92 Å². The fraction of sp³-hybridized carbons (Fsp3) is 0.368. The zero-order valence-corrected chi connectivity index (χ0v) is 15.8. The minimum Gasteiger partial charge on any atom is -0.344 e. The summed E-state index contributed by atoms with van der Waals surface area (Å²) in [4.78, 5) is 27.2. The molecule has 2 aliphatic rings. The topological polar surface area (TPSA) is 49.4 Å². The summed E-state index contributed by atoms with van der Waals surface area (Å²) in [6.07, 6.45) is 2.01. The van der Waals surface area contributed by atoms with E-state index in [-0.39, 0.29) is 23.8 Å². The van der Waals surface area contributed by atoms with Crippen molar-refractivity contribution in [1.29, 1.82) is 0 Å². The molecule has 1 fully saturated rings. The predicted molar refractivity (Wildman–Crippen MR) is 101 cm³/mol. The third-order valence-electron chi connectivity index (χ3n) is 5.26. The number of rotatable bonds is 3. The van der Waals surface area contributed by atoms with Gasteiger partial charge < -0.3 is 10.2 Å². The largest absolute Gasteiger partial charge is 0.344 e. The first kappa shape index (κ1) is 16.7. The number of nitrogens with one attached hydrogen (secondary N) is 1. The Balaban J connectivity index is 1.61. The van der Waals surface area contributed by atoms with Gasteiger partial charge in [0.05, 0.1) is 15.1 Å². The lowest BCUT2D eigenvalue weighted by atomic mass is 9.94. The smallest absolute Gasteiger partial charge is 0.261 e. The van der Waals surface area contributed by atoms with Crippen LogP contribution in [0.4, 0.5) is 0 Å². The lowest BCUT2D eigenvalue weighted by Crippen LogP contribution is -2.34. The van der Waals surface area contributed by atoms with Gasteiger partial charge in [-0.1, -0.05) is 24.3 Å². The van der Waals surface area contributed by atoms with Crippen molar-refractivity contribution in [3.63, 3.8) is 0 Å². The van der Waals surface area contributed by atoms with Gasteiger partial charge in [0.1, 0.15) is 0 Å². The van der Waals surface area contributed by atoms with Gasteiger partial charge in [-0.05, 0) is 29.5 Å². The molecule has 3 atom stereocenters. The molecule has 130 valence electrons. The van der Waals surface area contributed by atoms with Crippen LogP contribution < -0.4 is 5.32 Å². The van der Waals surface area contributed by atoms with Crippen LogP contribution in [0.15, 0.2) is 40.6 Å². The highest BCUT2D eigenvalue weighted by Gasteiger charge is 2.47. The van der Waals surface area contributed by atoms with Gasteiger partial charge in [0.15, 0.2) is 0 Å². The van der Waals surface area contributed by atoms with Gasteiger partial charge in [-0.3, -0.25) is 9.59 Å². The molecular formula is C19H20N2O2S2. The molecule has 1 aromatic carbocycles. The van der Waals surface area contributed by atoms with Crippen molar-refractivity contribution >= 4 is 34.9 Å². The average molecular weight is 373 g/mol. The van der Waals surface area contributed by atoms with Crippen molar-refractivity contribution in [3.05, 3.63) is 52.4 Å². The van der Waals surface area contributed by atoms with Gasteiger partial charge >= 0.3 is 0 Å². The lowest BCUT2D eigenvalue weighted by Gasteiger charge is -2.22. The molecular weight excluding hydrogens is 352 g/mol. The van der Waals surface area contributed by atoms with Crippen molar-refractivity contribution in [2.75, 3.05) is 19.3 Å². The van der Waals surface area contributed by atoms with E-state index in [1.165, 1.54) is 22.5 Å². The second-order valence-corrected chi connectivity index (χ2v) is 8.79. The monoisotopic (exact) mass is 372 g/mol. The summed E-state index contributed by atoms with van der Waals surface area (Å²) in [5.41, 5.74) is 2.48. The maximum Gasteiger partial charge on any atom is 0.261 e. The van der Waals surface area contributed by atoms with Crippen molar-refractivity contribution < 1.29 is 9.59 Å². The molecule has 2 amide bonds. The number of carbonyl (C=O) groups excluding carboxylic acids is 2. The van der Waals surface area contributed by atoms with Crippen LogP contribution in [-0.4, -0.2) is 36.1 Å². The number of thioether (sulfide) groups is 1. The summed E-state index contributed by atoms with van der Waals surface area (Å²) in [6, 6.07) is 12.2. The summed E-state index contributed by atoms with van der Waals surface area (Å²) in [7, 11) is 0. The third-order valence-corrected chi connectivity index (χ3v) is 7.43. The highest BCUT2D eigenvalue weighted by Crippen LogP contribution is 2.49. The highest BCUT2D eigenvalue weighted by molar-refractivity contribution is 8.00. The van der Waals surface area contributed by atoms with E-state index in [9.17, 15) is 9.59 Å². The Morgan fingerprint density at radius 2 is 1.92 bits per heavy atom. The maximum atomic E-state index is 12.8. The molecule has 1 aliphatic heterocycles. The molecule has 4 nitrogen and oxygen atoms in total. The Kier molecular flexibility index (Phi) is 4.33. The van der Waals surface area contributed by atoms with Gasteiger partial charge in [-0.2, -0.15) is 0 Å². The molecule has 2 heterocycles. The standard InChI is InChI=1S/C19H20N2O2S2/c1-11(22)21-9-14-12-5-3-4-6-13(12)18(15(14)10-21)20-19(23)16-7-8-17(24-2)25-16/h3-8,14-15,18H,9-10H2,1-2H3,(H,20,23)/t14-,15-,18+/m0/s1. The summed E-state index contributed by atoms with van der Waals surface area (Å²) in [6.45, 7) is 3.08. The summed E-state index contributed by atoms with van der Waals surface area (Å²) >= 11 is 3.17. The molecule has 0 bridgehead atoms. The minimum atomic E-state index is -0.0297. The maximum absolute atomic E-state index is 12.8. The van der Waals surface area contributed by atoms with E-state index in [0.29, 0.717) is 12.5 Å². The molecule has 0 saturated carbocycles. The van der Waals surface area contributed by atoms with Gasteiger partial charge in [0.2, 0.25) is 5.91 Å². The first-order valence-corrected chi connectivity index (χ1v) is 10.4. The van der Waals surface area contributed by atoms with E-state index in [1.54, 1.807) is 18.7 Å². The van der Waals surface area contributed by atoms with Crippen molar-refractivity contribution in [2.45, 2.75) is 23.1 Å². The Morgan fingerprint density at radius 1 is 1.16 bits per heavy atom. The van der Waals surface area contributed by atoms with Crippen LogP contribution in [0, 0.1) is 5.92 Å². The number of hydrogen-bond acceptors (Lipinski definition) is 4. The molecule has 0 radical (unpaired) electrons. The molecule has 1 aromatic heterocycles. The second kappa shape index (κ2) is 6.50. The predicted octanol–water partition coefficient (Wildman–Crippen LogP) is 3.52. The van der Waals surface area contributed by atoms with E-state index in [2.05, 4.69) is 17.4 Å². The summed E-state index contributed by atoms with van der Waals surface area (Å²) in [5, 5.41) is 3.24. The van der Waals surface area contributed by atoms with Crippen LogP contribution in [0.5, 0.6) is 0 Å². The molecule has 1 aliphatic carbocycles. The van der Waals surface area contributed by atoms with E-state index < -0.39 is 0 Å². The Hall–Kier alpha value is -1.79. The Labute approximate surface area is 155 Å². The van der Waals surface area contributed by atoms with Crippen molar-refractivity contribution in [3.8, 4) is 0 Å². The normalized spacial score (nSPS) is 24.1. The third kappa shape index (κ3) is 2.87. The molecule has 1 saturated heterocycles. The van der Waals surface area contributed by atoms with Gasteiger partial charge in [0.25, 0.3) is 5.91 Å². The first-order valence-electron chi connectivity index (χ1n) is 8.37. The number of nitrogens with zero attached hydrogens (tertiary/aromatic N) is 1. The molecule has 4 rings (SSSR count). The van der Waals surface area contributed by atoms with Crippen LogP contribution in [0.3, 0.4) is 0 Å². The molecule has 0 unspecified atom stereocenters. The van der Waals surface area contributed by atoms with Crippen molar-refractivity contribution in [1.82, 2.24) is 10.2 Å². The van der Waals surface area contributed by atoms with Gasteiger partial charge in [0, 0.05) is 31.8 Å². The van der Waals surface area contributed by atoms with Gasteiger partial charge in [-0.25, -0.2) is 0 Å². The number of hydrogen-bond donors (Lipinski definition) is 1. The zero-order chi connectivity index (χ0) is 17.6. The van der Waals surface area contributed by atoms with Crippen LogP contribution in [0.2, 0.25) is 0 Å².